The first-order chi connectivity index (χ1) is 9.97. The highest BCUT2D eigenvalue weighted by molar-refractivity contribution is 7.91. The van der Waals surface area contributed by atoms with Gasteiger partial charge in [-0.05, 0) is 25.0 Å². The number of aliphatic hydroxyl groups is 1. The van der Waals surface area contributed by atoms with Crippen molar-refractivity contribution < 1.29 is 23.0 Å². The second kappa shape index (κ2) is 8.82. The van der Waals surface area contributed by atoms with Crippen LogP contribution in [-0.2, 0) is 26.1 Å². The lowest BCUT2D eigenvalue weighted by Crippen LogP contribution is -2.34. The Morgan fingerprint density at radius 3 is 2.43 bits per heavy atom. The molecule has 0 fully saturated rings. The summed E-state index contributed by atoms with van der Waals surface area (Å²) in [5.41, 5.74) is 0.796. The van der Waals surface area contributed by atoms with Crippen LogP contribution in [-0.4, -0.2) is 58.4 Å². The molecule has 1 rings (SSSR count). The molecule has 0 aliphatic heterocycles. The van der Waals surface area contributed by atoms with Crippen LogP contribution >= 0.6 is 11.3 Å². The minimum Gasteiger partial charge on any atom is -0.391 e. The lowest BCUT2D eigenvalue weighted by atomic mass is 10.3. The second-order valence-corrected chi connectivity index (χ2v) is 7.87. The SMILES string of the molecule is COCCCN(CCOC)S(=O)(=O)c1cc(C)c(CO)s1. The van der Waals surface area contributed by atoms with Crippen LogP contribution in [0.1, 0.15) is 16.9 Å². The highest BCUT2D eigenvalue weighted by Crippen LogP contribution is 2.28. The molecule has 8 heteroatoms. The van der Waals surface area contributed by atoms with Crippen LogP contribution in [0.25, 0.3) is 0 Å². The van der Waals surface area contributed by atoms with Crippen molar-refractivity contribution in [3.05, 3.63) is 16.5 Å². The highest BCUT2D eigenvalue weighted by Gasteiger charge is 2.26. The maximum Gasteiger partial charge on any atom is 0.252 e. The number of hydrogen-bond acceptors (Lipinski definition) is 6. The van der Waals surface area contributed by atoms with E-state index >= 15 is 0 Å². The summed E-state index contributed by atoms with van der Waals surface area (Å²) in [5, 5.41) is 9.22. The van der Waals surface area contributed by atoms with Gasteiger partial charge < -0.3 is 14.6 Å². The zero-order valence-electron chi connectivity index (χ0n) is 12.7. The van der Waals surface area contributed by atoms with Gasteiger partial charge in [-0.15, -0.1) is 11.3 Å². The molecule has 0 atom stereocenters. The Morgan fingerprint density at radius 1 is 1.24 bits per heavy atom. The Balaban J connectivity index is 2.95. The largest absolute Gasteiger partial charge is 0.391 e. The summed E-state index contributed by atoms with van der Waals surface area (Å²) in [6, 6.07) is 1.61. The van der Waals surface area contributed by atoms with Crippen molar-refractivity contribution in [2.75, 3.05) is 40.5 Å². The maximum atomic E-state index is 12.7. The van der Waals surface area contributed by atoms with Crippen LogP contribution in [0.2, 0.25) is 0 Å². The number of hydrogen-bond donors (Lipinski definition) is 1. The molecule has 0 unspecified atom stereocenters. The molecule has 0 radical (unpaired) electrons. The first-order valence-electron chi connectivity index (χ1n) is 6.65. The fourth-order valence-electron chi connectivity index (χ4n) is 1.83. The molecule has 0 aliphatic carbocycles. The zero-order chi connectivity index (χ0) is 15.9. The Labute approximate surface area is 130 Å². The van der Waals surface area contributed by atoms with E-state index < -0.39 is 10.0 Å². The molecule has 0 spiro atoms. The van der Waals surface area contributed by atoms with Gasteiger partial charge in [0.1, 0.15) is 4.21 Å². The van der Waals surface area contributed by atoms with E-state index in [9.17, 15) is 13.5 Å². The van der Waals surface area contributed by atoms with Crippen LogP contribution in [0, 0.1) is 6.92 Å². The molecule has 122 valence electrons. The Hall–Kier alpha value is -0.510. The number of ether oxygens (including phenoxy) is 2. The average molecular weight is 337 g/mol. The summed E-state index contributed by atoms with van der Waals surface area (Å²) >= 11 is 1.12. The number of aryl methyl sites for hydroxylation is 1. The monoisotopic (exact) mass is 337 g/mol. The number of aliphatic hydroxyl groups excluding tert-OH is 1. The third-order valence-electron chi connectivity index (χ3n) is 3.04. The van der Waals surface area contributed by atoms with Gasteiger partial charge >= 0.3 is 0 Å². The van der Waals surface area contributed by atoms with Crippen molar-refractivity contribution in [3.63, 3.8) is 0 Å². The molecule has 21 heavy (non-hydrogen) atoms. The van der Waals surface area contributed by atoms with E-state index in [1.54, 1.807) is 27.2 Å². The van der Waals surface area contributed by atoms with Gasteiger partial charge in [-0.2, -0.15) is 4.31 Å². The summed E-state index contributed by atoms with van der Waals surface area (Å²) in [6.45, 7) is 3.17. The summed E-state index contributed by atoms with van der Waals surface area (Å²) in [6.07, 6.45) is 0.622. The number of thiophene rings is 1. The van der Waals surface area contributed by atoms with E-state index in [0.717, 1.165) is 16.9 Å². The zero-order valence-corrected chi connectivity index (χ0v) is 14.3. The molecule has 0 saturated carbocycles. The normalized spacial score (nSPS) is 12.2. The van der Waals surface area contributed by atoms with Crippen molar-refractivity contribution in [1.29, 1.82) is 0 Å². The number of sulfonamides is 1. The standard InChI is InChI=1S/C13H23NO5S2/c1-11-9-13(20-12(11)10-15)21(16,17)14(6-8-19-3)5-4-7-18-2/h9,15H,4-8,10H2,1-3H3. The van der Waals surface area contributed by atoms with Gasteiger partial charge in [0.05, 0.1) is 13.2 Å². The Kier molecular flexibility index (Phi) is 7.78. The topological polar surface area (TPSA) is 76.1 Å². The molecule has 0 bridgehead atoms. The molecule has 0 saturated heterocycles. The average Bonchev–Trinajstić information content (AvgIpc) is 2.84. The van der Waals surface area contributed by atoms with Crippen LogP contribution < -0.4 is 0 Å². The Morgan fingerprint density at radius 2 is 1.90 bits per heavy atom. The summed E-state index contributed by atoms with van der Waals surface area (Å²) in [4.78, 5) is 0.678. The summed E-state index contributed by atoms with van der Waals surface area (Å²) in [7, 11) is -0.432. The van der Waals surface area contributed by atoms with E-state index in [2.05, 4.69) is 0 Å². The van der Waals surface area contributed by atoms with E-state index in [4.69, 9.17) is 9.47 Å². The van der Waals surface area contributed by atoms with Gasteiger partial charge in [0.15, 0.2) is 0 Å². The predicted molar refractivity (Wildman–Crippen MR) is 82.1 cm³/mol. The molecule has 6 nitrogen and oxygen atoms in total. The molecular weight excluding hydrogens is 314 g/mol. The predicted octanol–water partition coefficient (Wildman–Crippen LogP) is 1.22. The van der Waals surface area contributed by atoms with Gasteiger partial charge in [-0.3, -0.25) is 0 Å². The van der Waals surface area contributed by atoms with Gasteiger partial charge in [-0.1, -0.05) is 0 Å². The van der Waals surface area contributed by atoms with E-state index in [0.29, 0.717) is 37.6 Å². The molecule has 0 aromatic carbocycles. The molecule has 0 amide bonds. The van der Waals surface area contributed by atoms with Crippen molar-refractivity contribution in [1.82, 2.24) is 4.31 Å². The van der Waals surface area contributed by atoms with Gasteiger partial charge in [0.25, 0.3) is 10.0 Å². The minimum atomic E-state index is -3.56. The quantitative estimate of drug-likeness (QED) is 0.650. The molecule has 1 N–H and O–H groups in total. The smallest absolute Gasteiger partial charge is 0.252 e. The van der Waals surface area contributed by atoms with Crippen LogP contribution in [0.15, 0.2) is 10.3 Å². The van der Waals surface area contributed by atoms with Crippen LogP contribution in [0.3, 0.4) is 0 Å². The fraction of sp³-hybridized carbons (Fsp3) is 0.692. The molecule has 1 aromatic heterocycles. The first kappa shape index (κ1) is 18.5. The Bertz CT molecular complexity index is 527. The lowest BCUT2D eigenvalue weighted by Gasteiger charge is -2.20. The molecule has 1 heterocycles. The number of rotatable bonds is 10. The van der Waals surface area contributed by atoms with E-state index in [1.165, 1.54) is 4.31 Å². The second-order valence-electron chi connectivity index (χ2n) is 4.57. The van der Waals surface area contributed by atoms with Gasteiger partial charge in [0, 0.05) is 38.8 Å². The maximum absolute atomic E-state index is 12.7. The molecular formula is C13H23NO5S2. The fourth-order valence-corrected chi connectivity index (χ4v) is 4.90. The summed E-state index contributed by atoms with van der Waals surface area (Å²) in [5.74, 6) is 0. The van der Waals surface area contributed by atoms with Crippen LogP contribution in [0.5, 0.6) is 0 Å². The van der Waals surface area contributed by atoms with Gasteiger partial charge in [-0.25, -0.2) is 8.42 Å². The third-order valence-corrected chi connectivity index (χ3v) is 6.61. The third kappa shape index (κ3) is 5.01. The van der Waals surface area contributed by atoms with E-state index in [1.807, 2.05) is 0 Å². The number of nitrogens with zero attached hydrogens (tertiary/aromatic N) is 1. The van der Waals surface area contributed by atoms with Crippen molar-refractivity contribution in [2.24, 2.45) is 0 Å². The molecule has 0 aliphatic rings. The lowest BCUT2D eigenvalue weighted by molar-refractivity contribution is 0.164. The van der Waals surface area contributed by atoms with Crippen LogP contribution in [0.4, 0.5) is 0 Å². The van der Waals surface area contributed by atoms with Gasteiger partial charge in [0.2, 0.25) is 0 Å². The highest BCUT2D eigenvalue weighted by atomic mass is 32.2. The van der Waals surface area contributed by atoms with Crippen molar-refractivity contribution in [2.45, 2.75) is 24.2 Å². The van der Waals surface area contributed by atoms with E-state index in [-0.39, 0.29) is 10.8 Å². The first-order valence-corrected chi connectivity index (χ1v) is 8.91. The number of methoxy groups -OCH3 is 2. The minimum absolute atomic E-state index is 0.145. The molecule has 1 aromatic rings. The van der Waals surface area contributed by atoms with Crippen molar-refractivity contribution >= 4 is 21.4 Å². The van der Waals surface area contributed by atoms with Crippen molar-refractivity contribution in [3.8, 4) is 0 Å². The summed E-state index contributed by atoms with van der Waals surface area (Å²) < 4.78 is 37.0.